The fraction of sp³-hybridized carbons (Fsp3) is 0.308. The van der Waals surface area contributed by atoms with Crippen LogP contribution in [0.4, 0.5) is 5.69 Å². The minimum atomic E-state index is -1.10. The maximum atomic E-state index is 12.0. The van der Waals surface area contributed by atoms with Crippen molar-refractivity contribution in [2.24, 2.45) is 0 Å². The second kappa shape index (κ2) is 3.81. The van der Waals surface area contributed by atoms with Gasteiger partial charge in [0, 0.05) is 11.3 Å². The second-order valence-corrected chi connectivity index (χ2v) is 4.94. The highest BCUT2D eigenvalue weighted by Gasteiger charge is 2.51. The summed E-state index contributed by atoms with van der Waals surface area (Å²) in [6.07, 6.45) is 1.22. The van der Waals surface area contributed by atoms with Crippen LogP contribution in [0.25, 0.3) is 0 Å². The molecule has 19 heavy (non-hydrogen) atoms. The lowest BCUT2D eigenvalue weighted by Crippen LogP contribution is -2.43. The van der Waals surface area contributed by atoms with Crippen LogP contribution in [0.5, 0.6) is 0 Å². The van der Waals surface area contributed by atoms with Crippen LogP contribution in [-0.2, 0) is 16.0 Å². The third kappa shape index (κ3) is 1.95. The minimum Gasteiger partial charge on any atom is -0.480 e. The molecule has 6 nitrogen and oxygen atoms in total. The zero-order valence-electron chi connectivity index (χ0n) is 10.0. The van der Waals surface area contributed by atoms with Crippen LogP contribution < -0.4 is 10.6 Å². The molecule has 0 aromatic heterocycles. The normalized spacial score (nSPS) is 18.4. The number of amides is 2. The first-order valence-electron chi connectivity index (χ1n) is 5.99. The van der Waals surface area contributed by atoms with Gasteiger partial charge in [0.1, 0.15) is 5.54 Å². The topological polar surface area (TPSA) is 95.5 Å². The molecule has 2 amide bonds. The van der Waals surface area contributed by atoms with Crippen molar-refractivity contribution in [1.82, 2.24) is 5.32 Å². The van der Waals surface area contributed by atoms with Crippen molar-refractivity contribution in [2.45, 2.75) is 24.8 Å². The number of hydrogen-bond acceptors (Lipinski definition) is 3. The number of carbonyl (C=O) groups excluding carboxylic acids is 2. The maximum Gasteiger partial charge on any atom is 0.329 e. The highest BCUT2D eigenvalue weighted by Crippen LogP contribution is 2.36. The van der Waals surface area contributed by atoms with Gasteiger partial charge in [-0.25, -0.2) is 4.79 Å². The molecule has 1 fully saturated rings. The Kier molecular flexibility index (Phi) is 2.35. The zero-order chi connectivity index (χ0) is 13.6. The van der Waals surface area contributed by atoms with Crippen LogP contribution in [0.15, 0.2) is 18.2 Å². The number of nitrogens with one attached hydrogen (secondary N) is 2. The Bertz CT molecular complexity index is 605. The summed E-state index contributed by atoms with van der Waals surface area (Å²) < 4.78 is 0. The summed E-state index contributed by atoms with van der Waals surface area (Å²) >= 11 is 0. The Balaban J connectivity index is 1.80. The fourth-order valence-corrected chi connectivity index (χ4v) is 2.16. The van der Waals surface area contributed by atoms with Crippen molar-refractivity contribution in [3.05, 3.63) is 29.3 Å². The number of hydrogen-bond donors (Lipinski definition) is 3. The SMILES string of the molecule is O=C1Cc2ccc(C(=O)NC3(C(=O)O)CC3)cc2N1. The van der Waals surface area contributed by atoms with Crippen LogP contribution in [0.1, 0.15) is 28.8 Å². The zero-order valence-corrected chi connectivity index (χ0v) is 10.0. The molecule has 0 atom stereocenters. The van der Waals surface area contributed by atoms with E-state index in [0.29, 0.717) is 30.5 Å². The van der Waals surface area contributed by atoms with Crippen LogP contribution >= 0.6 is 0 Å². The molecular weight excluding hydrogens is 248 g/mol. The molecule has 0 saturated heterocycles. The molecule has 1 saturated carbocycles. The van der Waals surface area contributed by atoms with Gasteiger partial charge >= 0.3 is 5.97 Å². The number of carboxylic acids is 1. The van der Waals surface area contributed by atoms with Gasteiger partial charge in [-0.15, -0.1) is 0 Å². The van der Waals surface area contributed by atoms with Crippen molar-refractivity contribution in [3.8, 4) is 0 Å². The van der Waals surface area contributed by atoms with E-state index in [-0.39, 0.29) is 5.91 Å². The lowest BCUT2D eigenvalue weighted by Gasteiger charge is -2.12. The van der Waals surface area contributed by atoms with E-state index >= 15 is 0 Å². The van der Waals surface area contributed by atoms with E-state index in [9.17, 15) is 14.4 Å². The lowest BCUT2D eigenvalue weighted by atomic mass is 10.1. The Labute approximate surface area is 108 Å². The van der Waals surface area contributed by atoms with Gasteiger partial charge in [-0.1, -0.05) is 6.07 Å². The van der Waals surface area contributed by atoms with Gasteiger partial charge in [0.05, 0.1) is 6.42 Å². The van der Waals surface area contributed by atoms with Gasteiger partial charge < -0.3 is 15.7 Å². The molecule has 1 heterocycles. The van der Waals surface area contributed by atoms with Crippen molar-refractivity contribution >= 4 is 23.5 Å². The molecule has 3 N–H and O–H groups in total. The first-order chi connectivity index (χ1) is 9.00. The van der Waals surface area contributed by atoms with Gasteiger partial charge in [0.25, 0.3) is 5.91 Å². The Morgan fingerprint density at radius 1 is 1.32 bits per heavy atom. The van der Waals surface area contributed by atoms with Crippen molar-refractivity contribution in [2.75, 3.05) is 5.32 Å². The summed E-state index contributed by atoms with van der Waals surface area (Å²) in [5.74, 6) is -1.53. The molecule has 1 aromatic rings. The Hall–Kier alpha value is -2.37. The summed E-state index contributed by atoms with van der Waals surface area (Å²) in [6.45, 7) is 0. The average Bonchev–Trinajstić information content (AvgIpc) is 3.03. The second-order valence-electron chi connectivity index (χ2n) is 4.94. The van der Waals surface area contributed by atoms with E-state index < -0.39 is 17.4 Å². The van der Waals surface area contributed by atoms with Crippen LogP contribution in [0.2, 0.25) is 0 Å². The summed E-state index contributed by atoms with van der Waals surface area (Å²) in [6, 6.07) is 4.89. The number of rotatable bonds is 3. The molecule has 0 spiro atoms. The Morgan fingerprint density at radius 2 is 2.05 bits per heavy atom. The predicted octanol–water partition coefficient (Wildman–Crippen LogP) is 0.528. The van der Waals surface area contributed by atoms with Crippen molar-refractivity contribution in [1.29, 1.82) is 0 Å². The first-order valence-corrected chi connectivity index (χ1v) is 5.99. The molecule has 1 aliphatic heterocycles. The quantitative estimate of drug-likeness (QED) is 0.738. The van der Waals surface area contributed by atoms with Crippen LogP contribution in [0, 0.1) is 0 Å². The molecule has 6 heteroatoms. The molecule has 2 aliphatic rings. The van der Waals surface area contributed by atoms with Gasteiger partial charge in [0.2, 0.25) is 5.91 Å². The number of fused-ring (bicyclic) bond motifs is 1. The number of carboxylic acid groups (broad SMARTS) is 1. The lowest BCUT2D eigenvalue weighted by molar-refractivity contribution is -0.140. The van der Waals surface area contributed by atoms with Crippen molar-refractivity contribution in [3.63, 3.8) is 0 Å². The standard InChI is InChI=1S/C13H12N2O4/c16-10-6-7-1-2-8(5-9(7)14-10)11(17)15-13(3-4-13)12(18)19/h1-2,5H,3-4,6H2,(H,14,16)(H,15,17)(H,18,19). The minimum absolute atomic E-state index is 0.100. The third-order valence-electron chi connectivity index (χ3n) is 3.51. The largest absolute Gasteiger partial charge is 0.480 e. The number of benzene rings is 1. The highest BCUT2D eigenvalue weighted by molar-refractivity contribution is 6.03. The van der Waals surface area contributed by atoms with Crippen LogP contribution in [0.3, 0.4) is 0 Å². The van der Waals surface area contributed by atoms with Gasteiger partial charge in [0.15, 0.2) is 0 Å². The molecule has 98 valence electrons. The average molecular weight is 260 g/mol. The number of carbonyl (C=O) groups is 3. The van der Waals surface area contributed by atoms with Crippen LogP contribution in [-0.4, -0.2) is 28.4 Å². The molecule has 0 radical (unpaired) electrons. The van der Waals surface area contributed by atoms with Gasteiger partial charge in [-0.05, 0) is 30.5 Å². The van der Waals surface area contributed by atoms with E-state index in [1.54, 1.807) is 18.2 Å². The number of aliphatic carboxylic acids is 1. The monoisotopic (exact) mass is 260 g/mol. The fourth-order valence-electron chi connectivity index (χ4n) is 2.16. The predicted molar refractivity (Wildman–Crippen MR) is 65.8 cm³/mol. The molecular formula is C13H12N2O4. The molecule has 1 aliphatic carbocycles. The van der Waals surface area contributed by atoms with E-state index in [0.717, 1.165) is 5.56 Å². The maximum absolute atomic E-state index is 12.0. The first kappa shape index (κ1) is 11.7. The summed E-state index contributed by atoms with van der Waals surface area (Å²) in [5.41, 5.74) is 0.728. The highest BCUT2D eigenvalue weighted by atomic mass is 16.4. The molecule has 1 aromatic carbocycles. The summed E-state index contributed by atoms with van der Waals surface area (Å²) in [4.78, 5) is 34.2. The Morgan fingerprint density at radius 3 is 2.68 bits per heavy atom. The smallest absolute Gasteiger partial charge is 0.329 e. The summed E-state index contributed by atoms with van der Waals surface area (Å²) in [7, 11) is 0. The molecule has 3 rings (SSSR count). The van der Waals surface area contributed by atoms with E-state index in [2.05, 4.69) is 10.6 Å². The van der Waals surface area contributed by atoms with E-state index in [4.69, 9.17) is 5.11 Å². The van der Waals surface area contributed by atoms with E-state index in [1.165, 1.54) is 0 Å². The summed E-state index contributed by atoms with van der Waals surface area (Å²) in [5, 5.41) is 14.2. The van der Waals surface area contributed by atoms with Crippen molar-refractivity contribution < 1.29 is 19.5 Å². The molecule has 0 bridgehead atoms. The van der Waals surface area contributed by atoms with Gasteiger partial charge in [-0.3, -0.25) is 9.59 Å². The number of anilines is 1. The molecule has 0 unspecified atom stereocenters. The third-order valence-corrected chi connectivity index (χ3v) is 3.51. The van der Waals surface area contributed by atoms with Gasteiger partial charge in [-0.2, -0.15) is 0 Å². The van der Waals surface area contributed by atoms with E-state index in [1.807, 2.05) is 0 Å².